The lowest BCUT2D eigenvalue weighted by Gasteiger charge is -2.24. The maximum atomic E-state index is 11.8. The smallest absolute Gasteiger partial charge is 0.323 e. The molecule has 0 spiro atoms. The Morgan fingerprint density at radius 2 is 1.70 bits per heavy atom. The van der Waals surface area contributed by atoms with Gasteiger partial charge in [0.05, 0.1) is 6.10 Å². The fraction of sp³-hybridized carbons (Fsp3) is 0.696. The zero-order chi connectivity index (χ0) is 20.7. The van der Waals surface area contributed by atoms with Gasteiger partial charge in [-0.25, -0.2) is 0 Å². The van der Waals surface area contributed by atoms with Crippen LogP contribution in [0.3, 0.4) is 0 Å². The lowest BCUT2D eigenvalue weighted by molar-refractivity contribution is -0.151. The van der Waals surface area contributed by atoms with Crippen LogP contribution in [0.1, 0.15) is 72.3 Å². The van der Waals surface area contributed by atoms with Gasteiger partial charge in [0, 0.05) is 6.61 Å². The minimum absolute atomic E-state index is 0.0413. The summed E-state index contributed by atoms with van der Waals surface area (Å²) in [6.45, 7) is 10.2. The summed E-state index contributed by atoms with van der Waals surface area (Å²) in [5, 5.41) is 8.14. The summed E-state index contributed by atoms with van der Waals surface area (Å²) in [6.07, 6.45) is 6.02. The number of esters is 1. The molecule has 1 aromatic carbocycles. The standard InChI is InChI=1S/C17H25NO2.C4H10O.C2H6/c1-13-11-15(12-14-7-3-2-4-8-14)9-5-6-10-16(18)17(19)20-13;1-4(2)3-5;1-2/h2-4,7-8,13,15-16H,5-6,9-12,18H2,1H3;4-5H,3H2,1-2H3;1-2H3/t13?,15?,16-;;/m0../s1. The van der Waals surface area contributed by atoms with Crippen molar-refractivity contribution in [2.24, 2.45) is 17.6 Å². The summed E-state index contributed by atoms with van der Waals surface area (Å²) in [5.74, 6) is 0.780. The Bertz CT molecular complexity index is 476. The first-order valence-electron chi connectivity index (χ1n) is 10.5. The number of aliphatic hydroxyl groups is 1. The van der Waals surface area contributed by atoms with E-state index >= 15 is 0 Å². The van der Waals surface area contributed by atoms with Crippen molar-refractivity contribution in [3.63, 3.8) is 0 Å². The third-order valence-corrected chi connectivity index (χ3v) is 4.40. The average Bonchev–Trinajstić information content (AvgIpc) is 2.67. The molecule has 0 aromatic heterocycles. The van der Waals surface area contributed by atoms with Crippen molar-refractivity contribution in [2.45, 2.75) is 85.3 Å². The van der Waals surface area contributed by atoms with E-state index in [9.17, 15) is 4.79 Å². The van der Waals surface area contributed by atoms with Crippen LogP contribution in [0.2, 0.25) is 0 Å². The monoisotopic (exact) mass is 379 g/mol. The number of hydrogen-bond donors (Lipinski definition) is 2. The lowest BCUT2D eigenvalue weighted by atomic mass is 9.88. The van der Waals surface area contributed by atoms with Gasteiger partial charge >= 0.3 is 5.97 Å². The molecule has 4 heteroatoms. The molecular formula is C23H41NO3. The highest BCUT2D eigenvalue weighted by Gasteiger charge is 2.22. The van der Waals surface area contributed by atoms with E-state index in [0.29, 0.717) is 18.4 Å². The fourth-order valence-corrected chi connectivity index (χ4v) is 2.97. The number of aliphatic hydroxyl groups excluding tert-OH is 1. The SMILES string of the molecule is CC.CC(C)CO.CC1CC(Cc2ccccc2)CCCC[C@H](N)C(=O)O1. The van der Waals surface area contributed by atoms with Gasteiger partial charge in [0.1, 0.15) is 6.04 Å². The van der Waals surface area contributed by atoms with Crippen molar-refractivity contribution in [1.82, 2.24) is 0 Å². The van der Waals surface area contributed by atoms with Crippen LogP contribution in [-0.2, 0) is 16.0 Å². The van der Waals surface area contributed by atoms with Gasteiger partial charge in [0.2, 0.25) is 0 Å². The Hall–Kier alpha value is -1.39. The molecule has 1 aliphatic rings. The summed E-state index contributed by atoms with van der Waals surface area (Å²) in [7, 11) is 0. The summed E-state index contributed by atoms with van der Waals surface area (Å²) >= 11 is 0. The normalized spacial score (nSPS) is 23.3. The van der Waals surface area contributed by atoms with E-state index < -0.39 is 6.04 Å². The molecule has 156 valence electrons. The van der Waals surface area contributed by atoms with Crippen LogP contribution in [0.5, 0.6) is 0 Å². The number of cyclic esters (lactones) is 1. The highest BCUT2D eigenvalue weighted by Crippen LogP contribution is 2.23. The molecule has 0 bridgehead atoms. The quantitative estimate of drug-likeness (QED) is 0.745. The van der Waals surface area contributed by atoms with Crippen molar-refractivity contribution >= 4 is 5.97 Å². The molecular weight excluding hydrogens is 338 g/mol. The molecule has 3 atom stereocenters. The Morgan fingerprint density at radius 1 is 1.15 bits per heavy atom. The van der Waals surface area contributed by atoms with Gasteiger partial charge < -0.3 is 15.6 Å². The first-order chi connectivity index (χ1) is 12.9. The maximum absolute atomic E-state index is 11.8. The van der Waals surface area contributed by atoms with Gasteiger partial charge in [-0.15, -0.1) is 0 Å². The van der Waals surface area contributed by atoms with E-state index in [0.717, 1.165) is 32.1 Å². The third-order valence-electron chi connectivity index (χ3n) is 4.40. The summed E-state index contributed by atoms with van der Waals surface area (Å²) in [5.41, 5.74) is 7.18. The molecule has 4 nitrogen and oxygen atoms in total. The average molecular weight is 380 g/mol. The largest absolute Gasteiger partial charge is 0.462 e. The Labute approximate surface area is 166 Å². The molecule has 1 aromatic rings. The van der Waals surface area contributed by atoms with Crippen LogP contribution in [0, 0.1) is 11.8 Å². The summed E-state index contributed by atoms with van der Waals surface area (Å²) < 4.78 is 5.44. The summed E-state index contributed by atoms with van der Waals surface area (Å²) in [6, 6.07) is 10.1. The van der Waals surface area contributed by atoms with Gasteiger partial charge in [0.15, 0.2) is 0 Å². The van der Waals surface area contributed by atoms with E-state index in [4.69, 9.17) is 15.6 Å². The number of hydrogen-bond acceptors (Lipinski definition) is 4. The van der Waals surface area contributed by atoms with E-state index in [-0.39, 0.29) is 12.1 Å². The van der Waals surface area contributed by atoms with Crippen LogP contribution < -0.4 is 5.73 Å². The fourth-order valence-electron chi connectivity index (χ4n) is 2.97. The number of carbonyl (C=O) groups excluding carboxylic acids is 1. The minimum Gasteiger partial charge on any atom is -0.462 e. The topological polar surface area (TPSA) is 72.5 Å². The van der Waals surface area contributed by atoms with Crippen molar-refractivity contribution in [3.05, 3.63) is 35.9 Å². The molecule has 0 radical (unpaired) electrons. The van der Waals surface area contributed by atoms with Crippen LogP contribution in [0.15, 0.2) is 30.3 Å². The van der Waals surface area contributed by atoms with Gasteiger partial charge in [-0.2, -0.15) is 0 Å². The van der Waals surface area contributed by atoms with Gasteiger partial charge in [0.25, 0.3) is 0 Å². The Balaban J connectivity index is 0.000000838. The first-order valence-corrected chi connectivity index (χ1v) is 10.5. The second kappa shape index (κ2) is 15.6. The second-order valence-corrected chi connectivity index (χ2v) is 7.51. The minimum atomic E-state index is -0.442. The Morgan fingerprint density at radius 3 is 2.26 bits per heavy atom. The number of ether oxygens (including phenoxy) is 1. The number of nitrogens with two attached hydrogens (primary N) is 1. The maximum Gasteiger partial charge on any atom is 0.323 e. The van der Waals surface area contributed by atoms with Crippen molar-refractivity contribution in [1.29, 1.82) is 0 Å². The molecule has 3 N–H and O–H groups in total. The molecule has 2 unspecified atom stereocenters. The molecule has 1 heterocycles. The molecule has 0 aliphatic carbocycles. The third kappa shape index (κ3) is 12.6. The lowest BCUT2D eigenvalue weighted by Crippen LogP contribution is -2.35. The van der Waals surface area contributed by atoms with E-state index in [1.165, 1.54) is 12.0 Å². The molecule has 1 saturated heterocycles. The predicted molar refractivity (Wildman–Crippen MR) is 114 cm³/mol. The van der Waals surface area contributed by atoms with Gasteiger partial charge in [-0.1, -0.05) is 70.9 Å². The predicted octanol–water partition coefficient (Wildman–Crippen LogP) is 4.73. The zero-order valence-corrected chi connectivity index (χ0v) is 18.0. The highest BCUT2D eigenvalue weighted by molar-refractivity contribution is 5.75. The number of carbonyl (C=O) groups is 1. The van der Waals surface area contributed by atoms with Crippen LogP contribution in [0.25, 0.3) is 0 Å². The summed E-state index contributed by atoms with van der Waals surface area (Å²) in [4.78, 5) is 11.8. The van der Waals surface area contributed by atoms with E-state index in [1.54, 1.807) is 0 Å². The van der Waals surface area contributed by atoms with Gasteiger partial charge in [-0.3, -0.25) is 4.79 Å². The van der Waals surface area contributed by atoms with E-state index in [2.05, 4.69) is 24.3 Å². The Kier molecular flexibility index (Phi) is 14.8. The van der Waals surface area contributed by atoms with Gasteiger partial charge in [-0.05, 0) is 50.0 Å². The first kappa shape index (κ1) is 25.6. The molecule has 0 amide bonds. The second-order valence-electron chi connectivity index (χ2n) is 7.51. The van der Waals surface area contributed by atoms with Crippen molar-refractivity contribution in [3.8, 4) is 0 Å². The number of benzene rings is 1. The van der Waals surface area contributed by atoms with Crippen molar-refractivity contribution < 1.29 is 14.6 Å². The molecule has 27 heavy (non-hydrogen) atoms. The number of rotatable bonds is 3. The van der Waals surface area contributed by atoms with E-state index in [1.807, 2.05) is 40.7 Å². The van der Waals surface area contributed by atoms with Crippen LogP contribution in [0.4, 0.5) is 0 Å². The van der Waals surface area contributed by atoms with Crippen molar-refractivity contribution in [2.75, 3.05) is 6.61 Å². The molecule has 2 rings (SSSR count). The molecule has 1 aliphatic heterocycles. The molecule has 0 saturated carbocycles. The van der Waals surface area contributed by atoms with Crippen LogP contribution in [-0.4, -0.2) is 29.8 Å². The zero-order valence-electron chi connectivity index (χ0n) is 18.0. The van der Waals surface area contributed by atoms with Crippen LogP contribution >= 0.6 is 0 Å². The molecule has 1 fully saturated rings. The highest BCUT2D eigenvalue weighted by atomic mass is 16.5.